The Morgan fingerprint density at radius 3 is 2.47 bits per heavy atom. The van der Waals surface area contributed by atoms with E-state index in [1.807, 2.05) is 0 Å². The molecule has 96 valence electrons. The number of rotatable bonds is 4. The van der Waals surface area contributed by atoms with Crippen molar-refractivity contribution >= 4 is 26.0 Å². The van der Waals surface area contributed by atoms with Crippen LogP contribution < -0.4 is 5.32 Å². The van der Waals surface area contributed by atoms with Gasteiger partial charge < -0.3 is 5.32 Å². The van der Waals surface area contributed by atoms with Crippen LogP contribution in [0.3, 0.4) is 0 Å². The summed E-state index contributed by atoms with van der Waals surface area (Å²) >= 11 is 3.18. The van der Waals surface area contributed by atoms with E-state index in [1.165, 1.54) is 20.2 Å². The van der Waals surface area contributed by atoms with Crippen molar-refractivity contribution in [2.45, 2.75) is 11.4 Å². The molecule has 17 heavy (non-hydrogen) atoms. The standard InChI is InChI=1S/C10H14BrFN2O2S/c1-13-6-7-4-8(11)5-9(10(7)12)17(15,16)14(2)3/h4-5,13H,6H2,1-3H3. The van der Waals surface area contributed by atoms with Gasteiger partial charge in [0.05, 0.1) is 0 Å². The summed E-state index contributed by atoms with van der Waals surface area (Å²) in [5, 5.41) is 2.79. The van der Waals surface area contributed by atoms with Gasteiger partial charge in [-0.2, -0.15) is 0 Å². The highest BCUT2D eigenvalue weighted by Crippen LogP contribution is 2.25. The van der Waals surface area contributed by atoms with Crippen molar-refractivity contribution in [3.05, 3.63) is 28.0 Å². The zero-order valence-corrected chi connectivity index (χ0v) is 12.2. The second-order valence-corrected chi connectivity index (χ2v) is 6.73. The summed E-state index contributed by atoms with van der Waals surface area (Å²) in [6, 6.07) is 2.82. The quantitative estimate of drug-likeness (QED) is 0.914. The van der Waals surface area contributed by atoms with Crippen molar-refractivity contribution in [2.75, 3.05) is 21.1 Å². The maximum atomic E-state index is 14.0. The van der Waals surface area contributed by atoms with Crippen molar-refractivity contribution < 1.29 is 12.8 Å². The summed E-state index contributed by atoms with van der Waals surface area (Å²) in [6.07, 6.45) is 0. The fourth-order valence-electron chi connectivity index (χ4n) is 1.32. The lowest BCUT2D eigenvalue weighted by Gasteiger charge is -2.14. The number of sulfonamides is 1. The van der Waals surface area contributed by atoms with E-state index in [9.17, 15) is 12.8 Å². The van der Waals surface area contributed by atoms with E-state index in [-0.39, 0.29) is 11.4 Å². The number of nitrogens with one attached hydrogen (secondary N) is 1. The summed E-state index contributed by atoms with van der Waals surface area (Å²) in [4.78, 5) is -0.317. The molecule has 7 heteroatoms. The number of benzene rings is 1. The molecule has 0 aromatic heterocycles. The van der Waals surface area contributed by atoms with Crippen LogP contribution in [0.15, 0.2) is 21.5 Å². The van der Waals surface area contributed by atoms with E-state index in [0.29, 0.717) is 10.0 Å². The Labute approximate surface area is 109 Å². The van der Waals surface area contributed by atoms with Crippen molar-refractivity contribution in [1.29, 1.82) is 0 Å². The summed E-state index contributed by atoms with van der Waals surface area (Å²) < 4.78 is 39.4. The molecule has 0 unspecified atom stereocenters. The largest absolute Gasteiger partial charge is 0.316 e. The van der Waals surface area contributed by atoms with Crippen LogP contribution in [-0.2, 0) is 16.6 Å². The van der Waals surface area contributed by atoms with Gasteiger partial charge in [0.25, 0.3) is 0 Å². The molecule has 0 atom stereocenters. The van der Waals surface area contributed by atoms with Crippen LogP contribution in [-0.4, -0.2) is 33.9 Å². The van der Waals surface area contributed by atoms with Gasteiger partial charge >= 0.3 is 0 Å². The predicted octanol–water partition coefficient (Wildman–Crippen LogP) is 1.56. The number of hydrogen-bond acceptors (Lipinski definition) is 3. The highest BCUT2D eigenvalue weighted by molar-refractivity contribution is 9.10. The van der Waals surface area contributed by atoms with Gasteiger partial charge in [-0.1, -0.05) is 15.9 Å². The van der Waals surface area contributed by atoms with Crippen molar-refractivity contribution in [2.24, 2.45) is 0 Å². The van der Waals surface area contributed by atoms with Gasteiger partial charge in [-0.05, 0) is 19.2 Å². The Hall–Kier alpha value is -0.500. The van der Waals surface area contributed by atoms with Crippen LogP contribution in [0.1, 0.15) is 5.56 Å². The van der Waals surface area contributed by atoms with Gasteiger partial charge in [0, 0.05) is 30.7 Å². The Morgan fingerprint density at radius 2 is 2.00 bits per heavy atom. The summed E-state index contributed by atoms with van der Waals surface area (Å²) in [5.74, 6) is -0.712. The van der Waals surface area contributed by atoms with E-state index in [2.05, 4.69) is 21.2 Å². The molecule has 0 radical (unpaired) electrons. The van der Waals surface area contributed by atoms with Crippen molar-refractivity contribution in [3.8, 4) is 0 Å². The van der Waals surface area contributed by atoms with E-state index < -0.39 is 15.8 Å². The Kier molecular flexibility index (Phi) is 4.65. The van der Waals surface area contributed by atoms with Crippen LogP contribution in [0, 0.1) is 5.82 Å². The van der Waals surface area contributed by atoms with Crippen LogP contribution in [0.25, 0.3) is 0 Å². The second-order valence-electron chi connectivity index (χ2n) is 3.69. The Balaban J connectivity index is 3.45. The molecular formula is C10H14BrFN2O2S. The molecular weight excluding hydrogens is 311 g/mol. The molecule has 0 aliphatic rings. The fraction of sp³-hybridized carbons (Fsp3) is 0.400. The van der Waals surface area contributed by atoms with E-state index in [4.69, 9.17) is 0 Å². The highest BCUT2D eigenvalue weighted by Gasteiger charge is 2.24. The molecule has 1 rings (SSSR count). The first-order valence-corrected chi connectivity index (χ1v) is 7.09. The van der Waals surface area contributed by atoms with Gasteiger partial charge in [0.1, 0.15) is 10.7 Å². The second kappa shape index (κ2) is 5.43. The molecule has 1 aromatic carbocycles. The molecule has 0 aliphatic heterocycles. The Bertz CT molecular complexity index is 517. The first-order chi connectivity index (χ1) is 7.80. The SMILES string of the molecule is CNCc1cc(Br)cc(S(=O)(=O)N(C)C)c1F. The van der Waals surface area contributed by atoms with Crippen LogP contribution in [0.5, 0.6) is 0 Å². The minimum Gasteiger partial charge on any atom is -0.316 e. The van der Waals surface area contributed by atoms with Gasteiger partial charge in [-0.15, -0.1) is 0 Å². The first-order valence-electron chi connectivity index (χ1n) is 4.85. The third kappa shape index (κ3) is 3.04. The first kappa shape index (κ1) is 14.6. The van der Waals surface area contributed by atoms with E-state index in [0.717, 1.165) is 4.31 Å². The van der Waals surface area contributed by atoms with Gasteiger partial charge in [-0.3, -0.25) is 0 Å². The van der Waals surface area contributed by atoms with Gasteiger partial charge in [0.15, 0.2) is 0 Å². The molecule has 0 amide bonds. The minimum absolute atomic E-state index is 0.265. The predicted molar refractivity (Wildman–Crippen MR) is 67.7 cm³/mol. The average molecular weight is 325 g/mol. The summed E-state index contributed by atoms with van der Waals surface area (Å²) in [6.45, 7) is 0.265. The number of hydrogen-bond donors (Lipinski definition) is 1. The van der Waals surface area contributed by atoms with Crippen molar-refractivity contribution in [1.82, 2.24) is 9.62 Å². The lowest BCUT2D eigenvalue weighted by atomic mass is 10.2. The maximum absolute atomic E-state index is 14.0. The highest BCUT2D eigenvalue weighted by atomic mass is 79.9. The zero-order chi connectivity index (χ0) is 13.2. The lowest BCUT2D eigenvalue weighted by Crippen LogP contribution is -2.24. The smallest absolute Gasteiger partial charge is 0.245 e. The molecule has 1 N–H and O–H groups in total. The minimum atomic E-state index is -3.77. The topological polar surface area (TPSA) is 49.4 Å². The molecule has 4 nitrogen and oxygen atoms in total. The molecule has 0 heterocycles. The third-order valence-corrected chi connectivity index (χ3v) is 4.48. The van der Waals surface area contributed by atoms with Crippen LogP contribution in [0.4, 0.5) is 4.39 Å². The molecule has 0 fully saturated rings. The van der Waals surface area contributed by atoms with Crippen LogP contribution >= 0.6 is 15.9 Å². The molecule has 1 aromatic rings. The zero-order valence-electron chi connectivity index (χ0n) is 9.79. The van der Waals surface area contributed by atoms with E-state index in [1.54, 1.807) is 13.1 Å². The van der Waals surface area contributed by atoms with Gasteiger partial charge in [-0.25, -0.2) is 17.1 Å². The molecule has 0 saturated heterocycles. The molecule has 0 bridgehead atoms. The van der Waals surface area contributed by atoms with Crippen molar-refractivity contribution in [3.63, 3.8) is 0 Å². The maximum Gasteiger partial charge on any atom is 0.245 e. The molecule has 0 spiro atoms. The molecule has 0 aliphatic carbocycles. The van der Waals surface area contributed by atoms with Crippen LogP contribution in [0.2, 0.25) is 0 Å². The normalized spacial score (nSPS) is 12.1. The average Bonchev–Trinajstić information content (AvgIpc) is 2.22. The summed E-state index contributed by atoms with van der Waals surface area (Å²) in [5.41, 5.74) is 0.308. The molecule has 0 saturated carbocycles. The summed E-state index contributed by atoms with van der Waals surface area (Å²) in [7, 11) is 0.634. The number of halogens is 2. The Morgan fingerprint density at radius 1 is 1.41 bits per heavy atom. The third-order valence-electron chi connectivity index (χ3n) is 2.21. The van der Waals surface area contributed by atoms with E-state index >= 15 is 0 Å². The fourth-order valence-corrected chi connectivity index (χ4v) is 3.01. The van der Waals surface area contributed by atoms with Gasteiger partial charge in [0.2, 0.25) is 10.0 Å². The monoisotopic (exact) mass is 324 g/mol. The lowest BCUT2D eigenvalue weighted by molar-refractivity contribution is 0.504. The number of nitrogens with zero attached hydrogens (tertiary/aromatic N) is 1.